The molecule has 1 aromatic rings. The molecule has 0 fully saturated rings. The smallest absolute Gasteiger partial charge is 0.408 e. The number of aromatic amines is 1. The molecule has 0 bridgehead atoms. The van der Waals surface area contributed by atoms with Crippen molar-refractivity contribution in [2.45, 2.75) is 13.8 Å². The molecule has 0 amide bonds. The Kier molecular flexibility index (Phi) is 1.76. The number of rotatable bonds is 0. The fourth-order valence-electron chi connectivity index (χ4n) is 0.781. The van der Waals surface area contributed by atoms with Gasteiger partial charge in [-0.15, -0.1) is 0 Å². The number of nitrogens with one attached hydrogen (secondary N) is 1. The first-order valence-electron chi connectivity index (χ1n) is 3.09. The molecule has 0 aromatic carbocycles. The van der Waals surface area contributed by atoms with E-state index in [-0.39, 0.29) is 0 Å². The molecule has 54 valence electrons. The highest BCUT2D eigenvalue weighted by Crippen LogP contribution is 1.56. The van der Waals surface area contributed by atoms with Crippen LogP contribution in [0, 0.1) is 0 Å². The summed E-state index contributed by atoms with van der Waals surface area (Å²) in [5, 5.41) is 0.743. The third kappa shape index (κ3) is 1.03. The van der Waals surface area contributed by atoms with Crippen molar-refractivity contribution in [3.63, 3.8) is 0 Å². The molecular formula is C7H9NO2. The zero-order valence-electron chi connectivity index (χ0n) is 5.97. The van der Waals surface area contributed by atoms with Gasteiger partial charge in [0.05, 0.1) is 5.35 Å². The topological polar surface area (TPSA) is 46.0 Å². The molecule has 0 aliphatic carbocycles. The summed E-state index contributed by atoms with van der Waals surface area (Å²) in [4.78, 5) is 13.1. The average molecular weight is 139 g/mol. The van der Waals surface area contributed by atoms with Crippen LogP contribution in [0.2, 0.25) is 0 Å². The number of hydrogen-bond donors (Lipinski definition) is 1. The molecule has 0 saturated carbocycles. The predicted molar refractivity (Wildman–Crippen MR) is 38.9 cm³/mol. The lowest BCUT2D eigenvalue weighted by Crippen LogP contribution is -2.21. The van der Waals surface area contributed by atoms with Gasteiger partial charge in [-0.05, 0) is 19.9 Å². The standard InChI is InChI=1S/C7H9NO2/c1-3-5-6(4-2)10-7(9)8-5/h3-4H,1-2H3,(H,8,9)/b5-3+,6-4-. The van der Waals surface area contributed by atoms with Gasteiger partial charge in [-0.2, -0.15) is 0 Å². The maximum atomic E-state index is 10.6. The summed E-state index contributed by atoms with van der Waals surface area (Å²) in [7, 11) is 0. The summed E-state index contributed by atoms with van der Waals surface area (Å²) in [6, 6.07) is 0. The van der Waals surface area contributed by atoms with E-state index in [1.165, 1.54) is 0 Å². The summed E-state index contributed by atoms with van der Waals surface area (Å²) in [6.07, 6.45) is 3.54. The van der Waals surface area contributed by atoms with Gasteiger partial charge in [0, 0.05) is 0 Å². The first-order valence-corrected chi connectivity index (χ1v) is 3.09. The summed E-state index contributed by atoms with van der Waals surface area (Å²) < 4.78 is 4.76. The maximum absolute atomic E-state index is 10.6. The summed E-state index contributed by atoms with van der Waals surface area (Å²) in [5.41, 5.74) is 0.604. The third-order valence-electron chi connectivity index (χ3n) is 1.26. The molecule has 3 nitrogen and oxygen atoms in total. The molecule has 0 unspecified atom stereocenters. The van der Waals surface area contributed by atoms with Crippen LogP contribution in [-0.2, 0) is 0 Å². The lowest BCUT2D eigenvalue weighted by molar-refractivity contribution is 0.485. The Labute approximate surface area is 57.7 Å². The number of hydrogen-bond acceptors (Lipinski definition) is 2. The lowest BCUT2D eigenvalue weighted by Gasteiger charge is -1.69. The molecule has 1 rings (SSSR count). The van der Waals surface area contributed by atoms with Crippen LogP contribution in [0.3, 0.4) is 0 Å². The Hall–Kier alpha value is -1.25. The van der Waals surface area contributed by atoms with Crippen LogP contribution in [0.4, 0.5) is 0 Å². The summed E-state index contributed by atoms with van der Waals surface area (Å²) in [6.45, 7) is 3.66. The van der Waals surface area contributed by atoms with Crippen molar-refractivity contribution < 1.29 is 4.42 Å². The van der Waals surface area contributed by atoms with E-state index < -0.39 is 5.76 Å². The SMILES string of the molecule is C/C=c1\oc(=O)[nH]\c1=C\C. The van der Waals surface area contributed by atoms with Crippen molar-refractivity contribution in [3.05, 3.63) is 21.3 Å². The number of oxazole rings is 1. The molecule has 10 heavy (non-hydrogen) atoms. The molecular weight excluding hydrogens is 130 g/mol. The first kappa shape index (κ1) is 6.86. The Morgan fingerprint density at radius 2 is 2.10 bits per heavy atom. The van der Waals surface area contributed by atoms with E-state index in [0.717, 1.165) is 5.35 Å². The first-order chi connectivity index (χ1) is 4.77. The monoisotopic (exact) mass is 139 g/mol. The van der Waals surface area contributed by atoms with Crippen LogP contribution in [0.1, 0.15) is 13.8 Å². The Bertz CT molecular complexity index is 335. The van der Waals surface area contributed by atoms with Crippen LogP contribution < -0.4 is 16.5 Å². The molecule has 1 heterocycles. The highest BCUT2D eigenvalue weighted by molar-refractivity contribution is 5.19. The van der Waals surface area contributed by atoms with Crippen molar-refractivity contribution in [2.24, 2.45) is 0 Å². The molecule has 1 N–H and O–H groups in total. The maximum Gasteiger partial charge on any atom is 0.417 e. The van der Waals surface area contributed by atoms with Crippen LogP contribution >= 0.6 is 0 Å². The normalized spacial score (nSPS) is 14.6. The Morgan fingerprint density at radius 1 is 1.40 bits per heavy atom. The summed E-state index contributed by atoms with van der Waals surface area (Å²) >= 11 is 0. The van der Waals surface area contributed by atoms with Crippen LogP contribution in [-0.4, -0.2) is 4.98 Å². The molecule has 0 aliphatic heterocycles. The molecule has 0 spiro atoms. The third-order valence-corrected chi connectivity index (χ3v) is 1.26. The molecule has 3 heteroatoms. The second kappa shape index (κ2) is 2.56. The molecule has 0 radical (unpaired) electrons. The van der Waals surface area contributed by atoms with Crippen molar-refractivity contribution in [1.29, 1.82) is 0 Å². The van der Waals surface area contributed by atoms with E-state index >= 15 is 0 Å². The quantitative estimate of drug-likeness (QED) is 0.530. The minimum atomic E-state index is -0.402. The fourth-order valence-corrected chi connectivity index (χ4v) is 0.781. The zero-order valence-corrected chi connectivity index (χ0v) is 5.97. The van der Waals surface area contributed by atoms with E-state index in [2.05, 4.69) is 4.98 Å². The van der Waals surface area contributed by atoms with Gasteiger partial charge in [0.2, 0.25) is 0 Å². The van der Waals surface area contributed by atoms with E-state index in [0.29, 0.717) is 5.42 Å². The van der Waals surface area contributed by atoms with Gasteiger partial charge in [0.1, 0.15) is 0 Å². The van der Waals surface area contributed by atoms with E-state index in [1.54, 1.807) is 12.2 Å². The van der Waals surface area contributed by atoms with Crippen molar-refractivity contribution >= 4 is 12.2 Å². The van der Waals surface area contributed by atoms with Crippen LogP contribution in [0.5, 0.6) is 0 Å². The highest BCUT2D eigenvalue weighted by atomic mass is 16.4. The van der Waals surface area contributed by atoms with E-state index in [1.807, 2.05) is 13.8 Å². The van der Waals surface area contributed by atoms with E-state index in [9.17, 15) is 4.79 Å². The van der Waals surface area contributed by atoms with Gasteiger partial charge in [-0.3, -0.25) is 4.98 Å². The second-order valence-electron chi connectivity index (χ2n) is 1.87. The zero-order chi connectivity index (χ0) is 7.56. The van der Waals surface area contributed by atoms with Gasteiger partial charge in [-0.25, -0.2) is 4.79 Å². The van der Waals surface area contributed by atoms with Crippen LogP contribution in [0.15, 0.2) is 9.21 Å². The minimum Gasteiger partial charge on any atom is -0.408 e. The molecule has 0 aliphatic rings. The largest absolute Gasteiger partial charge is 0.417 e. The second-order valence-corrected chi connectivity index (χ2v) is 1.87. The molecule has 1 aromatic heterocycles. The summed E-state index contributed by atoms with van der Waals surface area (Å²) in [5.74, 6) is -0.402. The molecule has 0 atom stereocenters. The lowest BCUT2D eigenvalue weighted by atomic mass is 10.5. The number of aromatic nitrogens is 1. The highest BCUT2D eigenvalue weighted by Gasteiger charge is 1.88. The van der Waals surface area contributed by atoms with Crippen molar-refractivity contribution in [1.82, 2.24) is 4.98 Å². The average Bonchev–Trinajstić information content (AvgIpc) is 2.30. The van der Waals surface area contributed by atoms with Gasteiger partial charge in [-0.1, -0.05) is 6.08 Å². The van der Waals surface area contributed by atoms with Gasteiger partial charge in [0.15, 0.2) is 5.42 Å². The van der Waals surface area contributed by atoms with Gasteiger partial charge < -0.3 is 4.42 Å². The number of H-pyrrole nitrogens is 1. The minimum absolute atomic E-state index is 0.402. The Balaban J connectivity index is 3.69. The van der Waals surface area contributed by atoms with Crippen molar-refractivity contribution in [2.75, 3.05) is 0 Å². The van der Waals surface area contributed by atoms with Gasteiger partial charge >= 0.3 is 5.76 Å². The van der Waals surface area contributed by atoms with Crippen LogP contribution in [0.25, 0.3) is 12.2 Å². The predicted octanol–water partition coefficient (Wildman–Crippen LogP) is -0.431. The Morgan fingerprint density at radius 3 is 2.50 bits per heavy atom. The van der Waals surface area contributed by atoms with E-state index in [4.69, 9.17) is 4.42 Å². The van der Waals surface area contributed by atoms with Crippen molar-refractivity contribution in [3.8, 4) is 0 Å². The fraction of sp³-hybridized carbons (Fsp3) is 0.286. The molecule has 0 saturated heterocycles. The van der Waals surface area contributed by atoms with Gasteiger partial charge in [0.25, 0.3) is 0 Å².